The smallest absolute Gasteiger partial charge is 0.411 e. The summed E-state index contributed by atoms with van der Waals surface area (Å²) in [6, 6.07) is 3.69. The molecule has 1 spiro atoms. The summed E-state index contributed by atoms with van der Waals surface area (Å²) in [7, 11) is 1.25. The largest absolute Gasteiger partial charge is 0.508 e. The fraction of sp³-hybridized carbons (Fsp3) is 0.478. The first-order valence-electron chi connectivity index (χ1n) is 10.4. The molecule has 9 nitrogen and oxygen atoms in total. The van der Waals surface area contributed by atoms with Crippen molar-refractivity contribution in [2.24, 2.45) is 0 Å². The zero-order valence-electron chi connectivity index (χ0n) is 18.7. The first-order valence-corrected chi connectivity index (χ1v) is 10.4. The second-order valence-electron chi connectivity index (χ2n) is 9.34. The molecule has 1 N–H and O–H groups in total. The fourth-order valence-corrected chi connectivity index (χ4v) is 4.40. The van der Waals surface area contributed by atoms with Crippen LogP contribution in [0.2, 0.25) is 0 Å². The van der Waals surface area contributed by atoms with E-state index in [1.807, 2.05) is 0 Å². The zero-order valence-corrected chi connectivity index (χ0v) is 18.7. The number of rotatable bonds is 1. The number of methoxy groups -OCH3 is 1. The van der Waals surface area contributed by atoms with Crippen LogP contribution in [0.25, 0.3) is 10.9 Å². The molecule has 4 rings (SSSR count). The molecule has 2 aliphatic rings. The number of ether oxygens (including phenoxy) is 3. The van der Waals surface area contributed by atoms with E-state index in [1.54, 1.807) is 33.8 Å². The highest BCUT2D eigenvalue weighted by Crippen LogP contribution is 2.45. The van der Waals surface area contributed by atoms with Gasteiger partial charge in [-0.3, -0.25) is 9.69 Å². The van der Waals surface area contributed by atoms with Crippen LogP contribution < -0.4 is 4.74 Å². The minimum atomic E-state index is -1.11. The Morgan fingerprint density at radius 2 is 2.03 bits per heavy atom. The van der Waals surface area contributed by atoms with Crippen molar-refractivity contribution in [2.45, 2.75) is 57.8 Å². The number of hydrogen-bond donors (Lipinski definition) is 1. The van der Waals surface area contributed by atoms with Gasteiger partial charge in [0.05, 0.1) is 36.8 Å². The normalized spacial score (nSPS) is 22.6. The van der Waals surface area contributed by atoms with E-state index in [4.69, 9.17) is 14.2 Å². The molecule has 170 valence electrons. The van der Waals surface area contributed by atoms with Gasteiger partial charge in [-0.1, -0.05) is 0 Å². The maximum absolute atomic E-state index is 13.3. The van der Waals surface area contributed by atoms with Gasteiger partial charge in [-0.25, -0.2) is 14.6 Å². The van der Waals surface area contributed by atoms with Crippen molar-refractivity contribution in [3.63, 3.8) is 0 Å². The number of pyridine rings is 1. The van der Waals surface area contributed by atoms with E-state index < -0.39 is 29.3 Å². The molecule has 2 atom stereocenters. The molecule has 0 radical (unpaired) electrons. The Hall–Kier alpha value is -3.36. The minimum Gasteiger partial charge on any atom is -0.508 e. The number of hydrogen-bond acceptors (Lipinski definition) is 8. The third-order valence-electron chi connectivity index (χ3n) is 5.67. The van der Waals surface area contributed by atoms with Crippen molar-refractivity contribution in [3.8, 4) is 11.5 Å². The molecule has 1 unspecified atom stereocenters. The van der Waals surface area contributed by atoms with Crippen molar-refractivity contribution in [1.82, 2.24) is 9.88 Å². The van der Waals surface area contributed by atoms with Gasteiger partial charge in [0.2, 0.25) is 0 Å². The number of aromatic hydroxyl groups is 1. The molecule has 1 amide bonds. The number of ketones is 1. The number of phenolic OH excluding ortho intramolecular Hbond substituents is 1. The van der Waals surface area contributed by atoms with Crippen molar-refractivity contribution in [2.75, 3.05) is 13.7 Å². The van der Waals surface area contributed by atoms with Crippen LogP contribution in [-0.2, 0) is 14.3 Å². The molecule has 2 aliphatic heterocycles. The Morgan fingerprint density at radius 3 is 2.69 bits per heavy atom. The number of benzene rings is 1. The molecule has 0 aliphatic carbocycles. The second-order valence-corrected chi connectivity index (χ2v) is 9.34. The Kier molecular flexibility index (Phi) is 5.02. The highest BCUT2D eigenvalue weighted by atomic mass is 16.6. The Labute approximate surface area is 185 Å². The van der Waals surface area contributed by atoms with E-state index in [9.17, 15) is 19.5 Å². The molecule has 1 aromatic heterocycles. The van der Waals surface area contributed by atoms with Gasteiger partial charge in [-0.15, -0.1) is 0 Å². The van der Waals surface area contributed by atoms with Crippen LogP contribution in [0.1, 0.15) is 49.7 Å². The number of aryl methyl sites for hydroxylation is 1. The van der Waals surface area contributed by atoms with Crippen LogP contribution in [0, 0.1) is 6.92 Å². The molecule has 32 heavy (non-hydrogen) atoms. The van der Waals surface area contributed by atoms with E-state index in [1.165, 1.54) is 24.1 Å². The molecular weight excluding hydrogens is 416 g/mol. The third kappa shape index (κ3) is 3.72. The summed E-state index contributed by atoms with van der Waals surface area (Å²) in [5.41, 5.74) is -0.446. The number of carbonyl (C=O) groups excluding carboxylic acids is 3. The number of esters is 1. The number of fused-ring (bicyclic) bond motifs is 3. The summed E-state index contributed by atoms with van der Waals surface area (Å²) in [6.45, 7) is 6.92. The number of carbonyl (C=O) groups is 3. The predicted molar refractivity (Wildman–Crippen MR) is 114 cm³/mol. The lowest BCUT2D eigenvalue weighted by atomic mass is 9.86. The summed E-state index contributed by atoms with van der Waals surface area (Å²) in [4.78, 5) is 44.4. The molecule has 3 heterocycles. The van der Waals surface area contributed by atoms with Gasteiger partial charge in [0, 0.05) is 11.8 Å². The van der Waals surface area contributed by atoms with E-state index >= 15 is 0 Å². The van der Waals surface area contributed by atoms with Crippen LogP contribution in [0.5, 0.6) is 11.5 Å². The first kappa shape index (κ1) is 21.9. The predicted octanol–water partition coefficient (Wildman–Crippen LogP) is 3.14. The number of Topliss-reactive ketones (excluding diaryl/α,β-unsaturated/α-hetero) is 1. The van der Waals surface area contributed by atoms with Crippen molar-refractivity contribution >= 4 is 28.7 Å². The van der Waals surface area contributed by atoms with E-state index in [-0.39, 0.29) is 30.9 Å². The highest BCUT2D eigenvalue weighted by Gasteiger charge is 2.55. The monoisotopic (exact) mass is 442 g/mol. The summed E-state index contributed by atoms with van der Waals surface area (Å²) in [6.07, 6.45) is -0.632. The van der Waals surface area contributed by atoms with E-state index in [0.717, 1.165) is 0 Å². The maximum Gasteiger partial charge on any atom is 0.411 e. The molecule has 0 bridgehead atoms. The van der Waals surface area contributed by atoms with Gasteiger partial charge in [-0.2, -0.15) is 0 Å². The number of amides is 1. The second kappa shape index (κ2) is 7.36. The molecule has 1 saturated heterocycles. The standard InChI is InChI=1S/C23H26N2O7/c1-12-19-18(14-8-13(26)6-7-15(14)24-12)17(27)10-23(31-19)9-16(20(28)30-5)25(11-23)21(29)32-22(2,3)4/h6-8,16,26H,9-11H2,1-5H3/t16-,23?/m0/s1. The number of nitrogens with zero attached hydrogens (tertiary/aromatic N) is 2. The van der Waals surface area contributed by atoms with Crippen molar-refractivity contribution in [1.29, 1.82) is 0 Å². The number of aromatic nitrogens is 1. The van der Waals surface area contributed by atoms with Gasteiger partial charge < -0.3 is 19.3 Å². The lowest BCUT2D eigenvalue weighted by Gasteiger charge is -2.35. The van der Waals surface area contributed by atoms with Gasteiger partial charge >= 0.3 is 12.1 Å². The highest BCUT2D eigenvalue weighted by molar-refractivity contribution is 6.11. The third-order valence-corrected chi connectivity index (χ3v) is 5.67. The Bertz CT molecular complexity index is 1140. The molecule has 9 heteroatoms. The lowest BCUT2D eigenvalue weighted by molar-refractivity contribution is -0.145. The average molecular weight is 442 g/mol. The van der Waals surface area contributed by atoms with E-state index in [0.29, 0.717) is 27.9 Å². The van der Waals surface area contributed by atoms with Crippen molar-refractivity contribution < 1.29 is 33.7 Å². The van der Waals surface area contributed by atoms with Crippen LogP contribution in [0.15, 0.2) is 18.2 Å². The Balaban J connectivity index is 1.75. The van der Waals surface area contributed by atoms with E-state index in [2.05, 4.69) is 4.98 Å². The van der Waals surface area contributed by atoms with Crippen LogP contribution >= 0.6 is 0 Å². The summed E-state index contributed by atoms with van der Waals surface area (Å²) in [5, 5.41) is 10.4. The molecule has 0 saturated carbocycles. The summed E-state index contributed by atoms with van der Waals surface area (Å²) in [5.74, 6) is -0.495. The van der Waals surface area contributed by atoms with Crippen molar-refractivity contribution in [3.05, 3.63) is 29.5 Å². The average Bonchev–Trinajstić information content (AvgIpc) is 3.05. The quantitative estimate of drug-likeness (QED) is 0.670. The molecule has 1 aromatic carbocycles. The van der Waals surface area contributed by atoms with Gasteiger partial charge in [0.25, 0.3) is 0 Å². The molecule has 1 fully saturated rings. The van der Waals surface area contributed by atoms with Gasteiger partial charge in [0.1, 0.15) is 23.0 Å². The number of phenols is 1. The maximum atomic E-state index is 13.3. The van der Waals surface area contributed by atoms with Gasteiger partial charge in [0.15, 0.2) is 11.5 Å². The number of likely N-dealkylation sites (tertiary alicyclic amines) is 1. The zero-order chi connectivity index (χ0) is 23.4. The summed E-state index contributed by atoms with van der Waals surface area (Å²) < 4.78 is 16.7. The minimum absolute atomic E-state index is 0.00955. The Morgan fingerprint density at radius 1 is 1.31 bits per heavy atom. The summed E-state index contributed by atoms with van der Waals surface area (Å²) >= 11 is 0. The molecule has 2 aromatic rings. The van der Waals surface area contributed by atoms with Gasteiger partial charge in [-0.05, 0) is 45.9 Å². The van der Waals surface area contributed by atoms with Crippen LogP contribution in [-0.4, -0.2) is 63.7 Å². The topological polar surface area (TPSA) is 115 Å². The van der Waals surface area contributed by atoms with Crippen LogP contribution in [0.4, 0.5) is 4.79 Å². The molecular formula is C23H26N2O7. The fourth-order valence-electron chi connectivity index (χ4n) is 4.40. The van der Waals surface area contributed by atoms with Crippen LogP contribution in [0.3, 0.4) is 0 Å². The lowest BCUT2D eigenvalue weighted by Crippen LogP contribution is -2.47. The SMILES string of the molecule is COC(=O)[C@@H]1CC2(CC(=O)c3c(c(C)nc4ccc(O)cc34)O2)CN1C(=O)OC(C)(C)C. The first-order chi connectivity index (χ1) is 14.9.